The molecule has 0 radical (unpaired) electrons. The summed E-state index contributed by atoms with van der Waals surface area (Å²) in [5.74, 6) is -0.123. The largest absolute Gasteiger partial charge is 0.336 e. The third-order valence-corrected chi connectivity index (χ3v) is 3.59. The van der Waals surface area contributed by atoms with E-state index in [1.54, 1.807) is 35.0 Å². The van der Waals surface area contributed by atoms with Crippen molar-refractivity contribution in [2.45, 2.75) is 6.54 Å². The number of carbonyl (C=O) groups is 1. The Morgan fingerprint density at radius 2 is 2.22 bits per heavy atom. The molecule has 2 rings (SSSR count). The van der Waals surface area contributed by atoms with Crippen molar-refractivity contribution >= 4 is 40.4 Å². The molecule has 0 aliphatic carbocycles. The van der Waals surface area contributed by atoms with Crippen molar-refractivity contribution in [2.24, 2.45) is 0 Å². The first-order valence-electron chi connectivity index (χ1n) is 5.15. The Morgan fingerprint density at radius 1 is 1.44 bits per heavy atom. The summed E-state index contributed by atoms with van der Waals surface area (Å²) in [6.45, 7) is 0.423. The molecule has 0 spiro atoms. The van der Waals surface area contributed by atoms with E-state index in [0.29, 0.717) is 22.3 Å². The van der Waals surface area contributed by atoms with Crippen LogP contribution in [0.25, 0.3) is 0 Å². The van der Waals surface area contributed by atoms with Gasteiger partial charge in [-0.25, -0.2) is 4.98 Å². The Bertz CT molecular complexity index is 557. The van der Waals surface area contributed by atoms with Crippen LogP contribution in [0.1, 0.15) is 16.1 Å². The van der Waals surface area contributed by atoms with Gasteiger partial charge >= 0.3 is 0 Å². The van der Waals surface area contributed by atoms with Crippen LogP contribution < -0.4 is 0 Å². The molecule has 0 N–H and O–H groups in total. The molecule has 0 saturated carbocycles. The first-order valence-corrected chi connectivity index (χ1v) is 6.85. The molecule has 1 aromatic carbocycles. The van der Waals surface area contributed by atoms with E-state index in [4.69, 9.17) is 23.2 Å². The fourth-order valence-corrected chi connectivity index (χ4v) is 2.49. The zero-order valence-electron chi connectivity index (χ0n) is 9.56. The van der Waals surface area contributed by atoms with Gasteiger partial charge in [0.1, 0.15) is 5.69 Å². The second-order valence-corrected chi connectivity index (χ2v) is 5.33. The van der Waals surface area contributed by atoms with Crippen LogP contribution in [0.4, 0.5) is 0 Å². The van der Waals surface area contributed by atoms with E-state index in [0.717, 1.165) is 5.56 Å². The van der Waals surface area contributed by atoms with Crippen LogP contribution in [0.2, 0.25) is 10.0 Å². The highest BCUT2D eigenvalue weighted by molar-refractivity contribution is 7.07. The van der Waals surface area contributed by atoms with E-state index in [-0.39, 0.29) is 5.91 Å². The molecule has 0 unspecified atom stereocenters. The SMILES string of the molecule is CN(Cc1ccc(Cl)cc1Cl)C(=O)c1cscn1. The second kappa shape index (κ2) is 5.69. The highest BCUT2D eigenvalue weighted by atomic mass is 35.5. The molecular formula is C12H10Cl2N2OS. The number of thiazole rings is 1. The molecule has 6 heteroatoms. The maximum absolute atomic E-state index is 12.0. The molecule has 2 aromatic rings. The molecule has 3 nitrogen and oxygen atoms in total. The second-order valence-electron chi connectivity index (χ2n) is 3.77. The van der Waals surface area contributed by atoms with Crippen LogP contribution in [-0.4, -0.2) is 22.8 Å². The molecular weight excluding hydrogens is 291 g/mol. The number of benzene rings is 1. The molecule has 1 aromatic heterocycles. The fraction of sp³-hybridized carbons (Fsp3) is 0.167. The highest BCUT2D eigenvalue weighted by Gasteiger charge is 2.14. The van der Waals surface area contributed by atoms with Gasteiger partial charge in [-0.3, -0.25) is 4.79 Å². The van der Waals surface area contributed by atoms with Gasteiger partial charge in [-0.1, -0.05) is 29.3 Å². The van der Waals surface area contributed by atoms with Crippen molar-refractivity contribution in [2.75, 3.05) is 7.05 Å². The normalized spacial score (nSPS) is 10.4. The molecule has 1 amide bonds. The standard InChI is InChI=1S/C12H10Cl2N2OS/c1-16(12(17)11-6-18-7-15-11)5-8-2-3-9(13)4-10(8)14/h2-4,6-7H,5H2,1H3. The lowest BCUT2D eigenvalue weighted by Crippen LogP contribution is -2.26. The van der Waals surface area contributed by atoms with Gasteiger partial charge < -0.3 is 4.90 Å². The van der Waals surface area contributed by atoms with Crippen molar-refractivity contribution in [3.8, 4) is 0 Å². The van der Waals surface area contributed by atoms with E-state index in [1.165, 1.54) is 11.3 Å². The average Bonchev–Trinajstić information content (AvgIpc) is 2.85. The highest BCUT2D eigenvalue weighted by Crippen LogP contribution is 2.22. The minimum atomic E-state index is -0.123. The van der Waals surface area contributed by atoms with Crippen LogP contribution >= 0.6 is 34.5 Å². The van der Waals surface area contributed by atoms with Gasteiger partial charge in [-0.05, 0) is 17.7 Å². The molecule has 0 fully saturated rings. The van der Waals surface area contributed by atoms with Gasteiger partial charge in [0.15, 0.2) is 0 Å². The molecule has 18 heavy (non-hydrogen) atoms. The molecule has 94 valence electrons. The van der Waals surface area contributed by atoms with E-state index >= 15 is 0 Å². The minimum absolute atomic E-state index is 0.123. The topological polar surface area (TPSA) is 33.2 Å². The van der Waals surface area contributed by atoms with Crippen molar-refractivity contribution in [3.05, 3.63) is 50.4 Å². The number of carbonyl (C=O) groups excluding carboxylic acids is 1. The number of hydrogen-bond acceptors (Lipinski definition) is 3. The molecule has 0 aliphatic heterocycles. The summed E-state index contributed by atoms with van der Waals surface area (Å²) in [6, 6.07) is 5.24. The summed E-state index contributed by atoms with van der Waals surface area (Å²) in [4.78, 5) is 17.6. The number of amides is 1. The Kier molecular flexibility index (Phi) is 4.22. The van der Waals surface area contributed by atoms with Crippen molar-refractivity contribution in [1.82, 2.24) is 9.88 Å². The first-order chi connectivity index (χ1) is 8.58. The van der Waals surface area contributed by atoms with Gasteiger partial charge in [0.2, 0.25) is 0 Å². The lowest BCUT2D eigenvalue weighted by atomic mass is 10.2. The van der Waals surface area contributed by atoms with E-state index < -0.39 is 0 Å². The minimum Gasteiger partial charge on any atom is -0.336 e. The Balaban J connectivity index is 2.11. The fourth-order valence-electron chi connectivity index (χ4n) is 1.49. The Morgan fingerprint density at radius 3 is 2.83 bits per heavy atom. The smallest absolute Gasteiger partial charge is 0.273 e. The summed E-state index contributed by atoms with van der Waals surface area (Å²) in [5.41, 5.74) is 2.94. The van der Waals surface area contributed by atoms with E-state index in [2.05, 4.69) is 4.98 Å². The zero-order chi connectivity index (χ0) is 13.1. The maximum Gasteiger partial charge on any atom is 0.273 e. The lowest BCUT2D eigenvalue weighted by molar-refractivity contribution is 0.0780. The van der Waals surface area contributed by atoms with Crippen LogP contribution in [-0.2, 0) is 6.54 Å². The third-order valence-electron chi connectivity index (χ3n) is 2.42. The monoisotopic (exact) mass is 300 g/mol. The van der Waals surface area contributed by atoms with Crippen molar-refractivity contribution < 1.29 is 4.79 Å². The van der Waals surface area contributed by atoms with Crippen LogP contribution in [0.5, 0.6) is 0 Å². The zero-order valence-corrected chi connectivity index (χ0v) is 11.9. The number of hydrogen-bond donors (Lipinski definition) is 0. The first kappa shape index (κ1) is 13.3. The average molecular weight is 301 g/mol. The Hall–Kier alpha value is -1.10. The van der Waals surface area contributed by atoms with E-state index in [1.807, 2.05) is 6.07 Å². The molecule has 0 saturated heterocycles. The summed E-state index contributed by atoms with van der Waals surface area (Å²) in [5, 5.41) is 2.86. The summed E-state index contributed by atoms with van der Waals surface area (Å²) in [7, 11) is 1.71. The predicted molar refractivity (Wildman–Crippen MR) is 74.4 cm³/mol. The Labute approximate surface area is 119 Å². The van der Waals surface area contributed by atoms with Crippen LogP contribution in [0.3, 0.4) is 0 Å². The summed E-state index contributed by atoms with van der Waals surface area (Å²) >= 11 is 13.3. The van der Waals surface area contributed by atoms with Gasteiger partial charge in [0.05, 0.1) is 5.51 Å². The number of aromatic nitrogens is 1. The number of halogens is 2. The maximum atomic E-state index is 12.0. The lowest BCUT2D eigenvalue weighted by Gasteiger charge is -2.16. The van der Waals surface area contributed by atoms with Gasteiger partial charge in [-0.2, -0.15) is 0 Å². The third kappa shape index (κ3) is 3.02. The summed E-state index contributed by atoms with van der Waals surface area (Å²) in [6.07, 6.45) is 0. The van der Waals surface area contributed by atoms with Crippen molar-refractivity contribution in [1.29, 1.82) is 0 Å². The quantitative estimate of drug-likeness (QED) is 0.865. The van der Waals surface area contributed by atoms with E-state index in [9.17, 15) is 4.79 Å². The summed E-state index contributed by atoms with van der Waals surface area (Å²) < 4.78 is 0. The van der Waals surface area contributed by atoms with Gasteiger partial charge in [0, 0.05) is 29.0 Å². The van der Waals surface area contributed by atoms with Gasteiger partial charge in [-0.15, -0.1) is 11.3 Å². The van der Waals surface area contributed by atoms with Crippen molar-refractivity contribution in [3.63, 3.8) is 0 Å². The number of rotatable bonds is 3. The number of nitrogens with zero attached hydrogens (tertiary/aromatic N) is 2. The molecule has 0 atom stereocenters. The molecule has 1 heterocycles. The molecule has 0 aliphatic rings. The predicted octanol–water partition coefficient (Wildman–Crippen LogP) is 3.72. The van der Waals surface area contributed by atoms with Gasteiger partial charge in [0.25, 0.3) is 5.91 Å². The van der Waals surface area contributed by atoms with Crippen LogP contribution in [0.15, 0.2) is 29.1 Å². The molecule has 0 bridgehead atoms. The van der Waals surface area contributed by atoms with Crippen LogP contribution in [0, 0.1) is 0 Å².